The minimum absolute atomic E-state index is 0.0249. The fraction of sp³-hybridized carbons (Fsp3) is 0.682. The average molecular weight is 386 g/mol. The normalized spacial score (nSPS) is 16.8. The van der Waals surface area contributed by atoms with Gasteiger partial charge < -0.3 is 10.2 Å². The van der Waals surface area contributed by atoms with Gasteiger partial charge in [0.2, 0.25) is 0 Å². The maximum atomic E-state index is 13.0. The largest absolute Gasteiger partial charge is 0.352 e. The molecule has 6 heteroatoms. The lowest BCUT2D eigenvalue weighted by Gasteiger charge is -2.29. The van der Waals surface area contributed by atoms with Crippen molar-refractivity contribution >= 4 is 16.9 Å². The van der Waals surface area contributed by atoms with Gasteiger partial charge in [-0.3, -0.25) is 4.79 Å². The van der Waals surface area contributed by atoms with Crippen LogP contribution in [0.15, 0.2) is 12.3 Å². The van der Waals surface area contributed by atoms with Crippen molar-refractivity contribution in [3.8, 4) is 0 Å². The van der Waals surface area contributed by atoms with Crippen molar-refractivity contribution < 1.29 is 4.79 Å². The fourth-order valence-electron chi connectivity index (χ4n) is 3.91. The number of pyridine rings is 1. The quantitative estimate of drug-likeness (QED) is 0.783. The summed E-state index contributed by atoms with van der Waals surface area (Å²) in [5.41, 5.74) is 2.42. The number of carbonyl (C=O) groups is 1. The lowest BCUT2D eigenvalue weighted by atomic mass is 10.0. The van der Waals surface area contributed by atoms with Crippen LogP contribution in [-0.4, -0.2) is 51.8 Å². The molecule has 0 saturated carbocycles. The van der Waals surface area contributed by atoms with Crippen LogP contribution in [0, 0.1) is 5.92 Å². The minimum Gasteiger partial charge on any atom is -0.352 e. The van der Waals surface area contributed by atoms with Crippen molar-refractivity contribution in [3.05, 3.63) is 23.5 Å². The summed E-state index contributed by atoms with van der Waals surface area (Å²) in [6, 6.07) is 2.14. The number of nitrogens with one attached hydrogen (secondary N) is 1. The molecule has 0 aliphatic carbocycles. The monoisotopic (exact) mass is 385 g/mol. The van der Waals surface area contributed by atoms with Gasteiger partial charge in [0.1, 0.15) is 0 Å². The Morgan fingerprint density at radius 2 is 1.86 bits per heavy atom. The molecule has 1 N–H and O–H groups in total. The highest BCUT2D eigenvalue weighted by molar-refractivity contribution is 6.05. The summed E-state index contributed by atoms with van der Waals surface area (Å²) in [6.07, 6.45) is 5.72. The molecular weight excluding hydrogens is 350 g/mol. The number of likely N-dealkylation sites (tertiary alicyclic amines) is 1. The molecule has 154 valence electrons. The van der Waals surface area contributed by atoms with Crippen LogP contribution < -0.4 is 5.32 Å². The van der Waals surface area contributed by atoms with Gasteiger partial charge in [-0.05, 0) is 57.7 Å². The molecule has 3 rings (SSSR count). The molecule has 3 heterocycles. The van der Waals surface area contributed by atoms with Crippen molar-refractivity contribution in [1.82, 2.24) is 25.0 Å². The highest BCUT2D eigenvalue weighted by Gasteiger charge is 2.20. The summed E-state index contributed by atoms with van der Waals surface area (Å²) in [6.45, 7) is 14.7. The number of amides is 1. The Kier molecular flexibility index (Phi) is 6.70. The van der Waals surface area contributed by atoms with Gasteiger partial charge in [-0.25, -0.2) is 9.67 Å². The first-order valence-electron chi connectivity index (χ1n) is 10.8. The van der Waals surface area contributed by atoms with Gasteiger partial charge >= 0.3 is 0 Å². The average Bonchev–Trinajstić information content (AvgIpc) is 3.10. The third kappa shape index (κ3) is 4.72. The molecule has 2 aromatic heterocycles. The standard InChI is InChI=1S/C22H35N5O/c1-15(2)20-11-18(19-13-24-27(16(3)4)21(19)25-20)22(28)23-12-17(5)14-26-9-7-6-8-10-26/h11,13,15-17H,6-10,12,14H2,1-5H3,(H,23,28). The van der Waals surface area contributed by atoms with E-state index in [1.165, 1.54) is 32.4 Å². The predicted molar refractivity (Wildman–Crippen MR) is 114 cm³/mol. The van der Waals surface area contributed by atoms with Gasteiger partial charge in [0.15, 0.2) is 5.65 Å². The first kappa shape index (κ1) is 20.8. The number of rotatable bonds is 7. The van der Waals surface area contributed by atoms with Crippen molar-refractivity contribution in [2.45, 2.75) is 65.8 Å². The Morgan fingerprint density at radius 3 is 2.50 bits per heavy atom. The summed E-state index contributed by atoms with van der Waals surface area (Å²) in [5.74, 6) is 0.662. The van der Waals surface area contributed by atoms with Crippen molar-refractivity contribution in [2.24, 2.45) is 5.92 Å². The zero-order valence-corrected chi connectivity index (χ0v) is 18.0. The van der Waals surface area contributed by atoms with Gasteiger partial charge in [0, 0.05) is 24.8 Å². The Balaban J connectivity index is 1.75. The fourth-order valence-corrected chi connectivity index (χ4v) is 3.91. The van der Waals surface area contributed by atoms with E-state index in [2.05, 4.69) is 49.9 Å². The number of piperidine rings is 1. The SMILES string of the molecule is CC(CNC(=O)c1cc(C(C)C)nc2c1cnn2C(C)C)CN1CCCCC1. The summed E-state index contributed by atoms with van der Waals surface area (Å²) < 4.78 is 1.90. The van der Waals surface area contributed by atoms with E-state index in [0.717, 1.165) is 23.3 Å². The van der Waals surface area contributed by atoms with Crippen molar-refractivity contribution in [1.29, 1.82) is 0 Å². The minimum atomic E-state index is -0.0249. The van der Waals surface area contributed by atoms with E-state index in [1.807, 2.05) is 10.7 Å². The van der Waals surface area contributed by atoms with Gasteiger partial charge in [-0.1, -0.05) is 27.2 Å². The smallest absolute Gasteiger partial charge is 0.252 e. The van der Waals surface area contributed by atoms with Crippen LogP contribution in [0.25, 0.3) is 11.0 Å². The van der Waals surface area contributed by atoms with E-state index in [1.54, 1.807) is 6.20 Å². The molecule has 0 bridgehead atoms. The van der Waals surface area contributed by atoms with Gasteiger partial charge in [-0.15, -0.1) is 0 Å². The number of aromatic nitrogens is 3. The summed E-state index contributed by atoms with van der Waals surface area (Å²) in [7, 11) is 0. The van der Waals surface area contributed by atoms with Crippen LogP contribution in [-0.2, 0) is 0 Å². The van der Waals surface area contributed by atoms with Crippen LogP contribution in [0.2, 0.25) is 0 Å². The molecule has 1 fully saturated rings. The third-order valence-electron chi connectivity index (χ3n) is 5.54. The molecule has 28 heavy (non-hydrogen) atoms. The van der Waals surface area contributed by atoms with Crippen LogP contribution in [0.5, 0.6) is 0 Å². The number of nitrogens with zero attached hydrogens (tertiary/aromatic N) is 4. The molecule has 2 aromatic rings. The lowest BCUT2D eigenvalue weighted by molar-refractivity contribution is 0.0944. The molecule has 1 aliphatic heterocycles. The van der Waals surface area contributed by atoms with Gasteiger partial charge in [0.05, 0.1) is 17.1 Å². The molecule has 0 spiro atoms. The number of hydrogen-bond acceptors (Lipinski definition) is 4. The van der Waals surface area contributed by atoms with Crippen LogP contribution >= 0.6 is 0 Å². The number of fused-ring (bicyclic) bond motifs is 1. The first-order valence-corrected chi connectivity index (χ1v) is 10.8. The lowest BCUT2D eigenvalue weighted by Crippen LogP contribution is -2.38. The Bertz CT molecular complexity index is 805. The molecule has 1 saturated heterocycles. The maximum Gasteiger partial charge on any atom is 0.252 e. The molecule has 1 unspecified atom stereocenters. The molecular formula is C22H35N5O. The van der Waals surface area contributed by atoms with Crippen LogP contribution in [0.4, 0.5) is 0 Å². The number of hydrogen-bond donors (Lipinski definition) is 1. The predicted octanol–water partition coefficient (Wildman–Crippen LogP) is 3.99. The number of carbonyl (C=O) groups excluding carboxylic acids is 1. The van der Waals surface area contributed by atoms with Crippen LogP contribution in [0.3, 0.4) is 0 Å². The van der Waals surface area contributed by atoms with E-state index >= 15 is 0 Å². The molecule has 0 aromatic carbocycles. The van der Waals surface area contributed by atoms with Crippen molar-refractivity contribution in [2.75, 3.05) is 26.2 Å². The van der Waals surface area contributed by atoms with E-state index in [4.69, 9.17) is 4.98 Å². The second kappa shape index (κ2) is 9.03. The first-order chi connectivity index (χ1) is 13.4. The summed E-state index contributed by atoms with van der Waals surface area (Å²) in [5, 5.41) is 8.47. The highest BCUT2D eigenvalue weighted by Crippen LogP contribution is 2.24. The van der Waals surface area contributed by atoms with Gasteiger partial charge in [0.25, 0.3) is 5.91 Å². The summed E-state index contributed by atoms with van der Waals surface area (Å²) in [4.78, 5) is 20.3. The van der Waals surface area contributed by atoms with E-state index < -0.39 is 0 Å². The molecule has 1 amide bonds. The van der Waals surface area contributed by atoms with E-state index in [0.29, 0.717) is 18.0 Å². The Labute approximate surface area is 168 Å². The summed E-state index contributed by atoms with van der Waals surface area (Å²) >= 11 is 0. The maximum absolute atomic E-state index is 13.0. The zero-order chi connectivity index (χ0) is 20.3. The van der Waals surface area contributed by atoms with E-state index in [-0.39, 0.29) is 17.9 Å². The molecule has 1 aliphatic rings. The van der Waals surface area contributed by atoms with Crippen molar-refractivity contribution in [3.63, 3.8) is 0 Å². The zero-order valence-electron chi connectivity index (χ0n) is 18.0. The highest BCUT2D eigenvalue weighted by atomic mass is 16.1. The second-order valence-electron chi connectivity index (χ2n) is 8.85. The Morgan fingerprint density at radius 1 is 1.14 bits per heavy atom. The van der Waals surface area contributed by atoms with Crippen LogP contribution in [0.1, 0.15) is 81.9 Å². The molecule has 0 radical (unpaired) electrons. The Hall–Kier alpha value is -1.95. The van der Waals surface area contributed by atoms with Gasteiger partial charge in [-0.2, -0.15) is 5.10 Å². The second-order valence-corrected chi connectivity index (χ2v) is 8.85. The third-order valence-corrected chi connectivity index (χ3v) is 5.54. The van der Waals surface area contributed by atoms with E-state index in [9.17, 15) is 4.79 Å². The molecule has 6 nitrogen and oxygen atoms in total. The topological polar surface area (TPSA) is 63.1 Å². The molecule has 1 atom stereocenters.